The van der Waals surface area contributed by atoms with Crippen molar-refractivity contribution in [1.29, 1.82) is 0 Å². The van der Waals surface area contributed by atoms with Crippen molar-refractivity contribution in [3.05, 3.63) is 97.5 Å². The molecule has 0 atom stereocenters. The first-order valence-corrected chi connectivity index (χ1v) is 11.5. The van der Waals surface area contributed by atoms with Crippen LogP contribution in [0.2, 0.25) is 5.02 Å². The number of ether oxygens (including phenoxy) is 2. The molecule has 0 aliphatic heterocycles. The first-order chi connectivity index (χ1) is 16.0. The third-order valence-corrected chi connectivity index (χ3v) is 5.77. The zero-order valence-corrected chi connectivity index (χ0v) is 20.4. The summed E-state index contributed by atoms with van der Waals surface area (Å²) in [4.78, 5) is 17.6. The van der Waals surface area contributed by atoms with Crippen LogP contribution < -0.4 is 15.0 Å². The van der Waals surface area contributed by atoms with Crippen molar-refractivity contribution in [2.75, 3.05) is 7.11 Å². The number of aromatic nitrogens is 2. The van der Waals surface area contributed by atoms with Crippen molar-refractivity contribution in [2.45, 2.75) is 20.0 Å². The first kappa shape index (κ1) is 23.0. The van der Waals surface area contributed by atoms with Crippen molar-refractivity contribution in [1.82, 2.24) is 9.66 Å². The molecule has 1 heterocycles. The molecule has 33 heavy (non-hydrogen) atoms. The molecule has 0 bridgehead atoms. The maximum atomic E-state index is 13.1. The molecule has 0 spiro atoms. The van der Waals surface area contributed by atoms with Gasteiger partial charge in [-0.2, -0.15) is 9.78 Å². The normalized spacial score (nSPS) is 11.3. The second kappa shape index (κ2) is 10.2. The summed E-state index contributed by atoms with van der Waals surface area (Å²) in [6, 6.07) is 18.7. The zero-order valence-electron chi connectivity index (χ0n) is 18.1. The van der Waals surface area contributed by atoms with E-state index in [0.29, 0.717) is 51.8 Å². The molecule has 1 aromatic heterocycles. The van der Waals surface area contributed by atoms with E-state index in [-0.39, 0.29) is 5.56 Å². The average molecular weight is 527 g/mol. The van der Waals surface area contributed by atoms with Gasteiger partial charge < -0.3 is 9.47 Å². The van der Waals surface area contributed by atoms with E-state index in [9.17, 15) is 4.79 Å². The summed E-state index contributed by atoms with van der Waals surface area (Å²) < 4.78 is 13.5. The van der Waals surface area contributed by atoms with Crippen LogP contribution in [0.25, 0.3) is 10.9 Å². The van der Waals surface area contributed by atoms with Crippen LogP contribution in [0.1, 0.15) is 23.9 Å². The van der Waals surface area contributed by atoms with Gasteiger partial charge in [0, 0.05) is 10.9 Å². The van der Waals surface area contributed by atoms with Crippen LogP contribution >= 0.6 is 27.5 Å². The number of fused-ring (bicyclic) bond motifs is 1. The Balaban J connectivity index is 1.67. The lowest BCUT2D eigenvalue weighted by atomic mass is 10.2. The smallest absolute Gasteiger partial charge is 0.282 e. The molecular weight excluding hydrogens is 506 g/mol. The highest BCUT2D eigenvalue weighted by Gasteiger charge is 2.13. The monoisotopic (exact) mass is 525 g/mol. The van der Waals surface area contributed by atoms with Gasteiger partial charge >= 0.3 is 0 Å². The van der Waals surface area contributed by atoms with E-state index in [1.807, 2.05) is 49.4 Å². The van der Waals surface area contributed by atoms with Crippen molar-refractivity contribution in [2.24, 2.45) is 5.10 Å². The molecular formula is C25H21BrClN3O3. The topological polar surface area (TPSA) is 65.7 Å². The van der Waals surface area contributed by atoms with E-state index >= 15 is 0 Å². The highest BCUT2D eigenvalue weighted by Crippen LogP contribution is 2.36. The number of hydrogen-bond acceptors (Lipinski definition) is 5. The molecule has 0 N–H and O–H groups in total. The summed E-state index contributed by atoms with van der Waals surface area (Å²) >= 11 is 9.90. The number of benzene rings is 3. The van der Waals surface area contributed by atoms with Crippen LogP contribution in [0.3, 0.4) is 0 Å². The van der Waals surface area contributed by atoms with Crippen LogP contribution in [0.5, 0.6) is 11.5 Å². The van der Waals surface area contributed by atoms with Crippen molar-refractivity contribution in [3.8, 4) is 11.5 Å². The van der Waals surface area contributed by atoms with Crippen molar-refractivity contribution >= 4 is 44.6 Å². The molecule has 8 heteroatoms. The van der Waals surface area contributed by atoms with E-state index in [1.165, 1.54) is 4.68 Å². The lowest BCUT2D eigenvalue weighted by Crippen LogP contribution is -2.22. The molecule has 0 saturated carbocycles. The highest BCUT2D eigenvalue weighted by atomic mass is 79.9. The van der Waals surface area contributed by atoms with Crippen LogP contribution in [0.4, 0.5) is 0 Å². The molecule has 0 saturated heterocycles. The SMILES string of the molecule is CCc1nc2ccc(Br)cc2c(=O)n1N=Cc1cc(Cl)c(OCc2ccccc2)c(OC)c1. The van der Waals surface area contributed by atoms with Gasteiger partial charge in [0.05, 0.1) is 29.2 Å². The molecule has 3 aromatic carbocycles. The van der Waals surface area contributed by atoms with Gasteiger partial charge in [-0.05, 0) is 41.5 Å². The Kier molecular flexibility index (Phi) is 7.11. The molecule has 168 valence electrons. The second-order valence-electron chi connectivity index (χ2n) is 7.21. The van der Waals surface area contributed by atoms with E-state index in [4.69, 9.17) is 21.1 Å². The van der Waals surface area contributed by atoms with Gasteiger partial charge in [-0.1, -0.05) is 64.8 Å². The maximum absolute atomic E-state index is 13.1. The molecule has 6 nitrogen and oxygen atoms in total. The summed E-state index contributed by atoms with van der Waals surface area (Å²) in [6.07, 6.45) is 2.11. The van der Waals surface area contributed by atoms with E-state index in [0.717, 1.165) is 10.0 Å². The van der Waals surface area contributed by atoms with Gasteiger partial charge in [0.1, 0.15) is 12.4 Å². The molecule has 0 fully saturated rings. The predicted molar refractivity (Wildman–Crippen MR) is 135 cm³/mol. The summed E-state index contributed by atoms with van der Waals surface area (Å²) in [7, 11) is 1.55. The van der Waals surface area contributed by atoms with E-state index in [1.54, 1.807) is 31.5 Å². The number of aryl methyl sites for hydroxylation is 1. The molecule has 4 aromatic rings. The van der Waals surface area contributed by atoms with Gasteiger partial charge in [0.2, 0.25) is 0 Å². The quantitative estimate of drug-likeness (QED) is 0.284. The van der Waals surface area contributed by atoms with Crippen LogP contribution in [0, 0.1) is 0 Å². The lowest BCUT2D eigenvalue weighted by molar-refractivity contribution is 0.284. The fourth-order valence-corrected chi connectivity index (χ4v) is 3.99. The number of halogens is 2. The minimum Gasteiger partial charge on any atom is -0.493 e. The molecule has 4 rings (SSSR count). The lowest BCUT2D eigenvalue weighted by Gasteiger charge is -2.13. The fourth-order valence-electron chi connectivity index (χ4n) is 3.35. The second-order valence-corrected chi connectivity index (χ2v) is 8.54. The summed E-state index contributed by atoms with van der Waals surface area (Å²) in [5.41, 5.74) is 2.07. The van der Waals surface area contributed by atoms with Crippen LogP contribution in [-0.2, 0) is 13.0 Å². The minimum absolute atomic E-state index is 0.240. The maximum Gasteiger partial charge on any atom is 0.282 e. The van der Waals surface area contributed by atoms with Crippen LogP contribution in [0.15, 0.2) is 75.0 Å². The molecule has 0 unspecified atom stereocenters. The van der Waals surface area contributed by atoms with Crippen molar-refractivity contribution < 1.29 is 9.47 Å². The summed E-state index contributed by atoms with van der Waals surface area (Å²) in [5.74, 6) is 1.49. The molecule has 0 aliphatic carbocycles. The van der Waals surface area contributed by atoms with Crippen molar-refractivity contribution in [3.63, 3.8) is 0 Å². The Hall–Kier alpha value is -3.16. The Morgan fingerprint density at radius 2 is 1.94 bits per heavy atom. The predicted octanol–water partition coefficient (Wildman–Crippen LogP) is 5.84. The summed E-state index contributed by atoms with van der Waals surface area (Å²) in [5, 5.41) is 5.28. The number of methoxy groups -OCH3 is 1. The largest absolute Gasteiger partial charge is 0.493 e. The standard InChI is InChI=1S/C25H21BrClN3O3/c1-3-23-29-21-10-9-18(26)13-19(21)25(31)30(23)28-14-17-11-20(27)24(22(12-17)32-2)33-15-16-7-5-4-6-8-16/h4-14H,3,15H2,1-2H3. The van der Waals surface area contributed by atoms with E-state index < -0.39 is 0 Å². The third kappa shape index (κ3) is 5.10. The Labute approximate surface area is 204 Å². The minimum atomic E-state index is -0.240. The Morgan fingerprint density at radius 1 is 1.15 bits per heavy atom. The third-order valence-electron chi connectivity index (χ3n) is 4.99. The number of rotatable bonds is 7. The Morgan fingerprint density at radius 3 is 2.67 bits per heavy atom. The van der Waals surface area contributed by atoms with Crippen LogP contribution in [-0.4, -0.2) is 23.0 Å². The van der Waals surface area contributed by atoms with Gasteiger partial charge in [-0.3, -0.25) is 4.79 Å². The average Bonchev–Trinajstić information content (AvgIpc) is 2.83. The van der Waals surface area contributed by atoms with E-state index in [2.05, 4.69) is 26.0 Å². The highest BCUT2D eigenvalue weighted by molar-refractivity contribution is 9.10. The van der Waals surface area contributed by atoms with Gasteiger partial charge in [-0.15, -0.1) is 0 Å². The summed E-state index contributed by atoms with van der Waals surface area (Å²) in [6.45, 7) is 2.29. The zero-order chi connectivity index (χ0) is 23.4. The molecule has 0 amide bonds. The fraction of sp³-hybridized carbons (Fsp3) is 0.160. The Bertz CT molecular complexity index is 1390. The molecule has 0 radical (unpaired) electrons. The number of nitrogens with zero attached hydrogens (tertiary/aromatic N) is 3. The van der Waals surface area contributed by atoms with Gasteiger partial charge in [0.15, 0.2) is 11.5 Å². The molecule has 0 aliphatic rings. The number of hydrogen-bond donors (Lipinski definition) is 0. The van der Waals surface area contributed by atoms with Gasteiger partial charge in [-0.25, -0.2) is 4.98 Å². The van der Waals surface area contributed by atoms with Gasteiger partial charge in [0.25, 0.3) is 5.56 Å². The first-order valence-electron chi connectivity index (χ1n) is 10.3.